The first-order valence-electron chi connectivity index (χ1n) is 7.80. The van der Waals surface area contributed by atoms with Gasteiger partial charge in [-0.25, -0.2) is 0 Å². The molecule has 3 aromatic rings. The maximum absolute atomic E-state index is 12.3. The van der Waals surface area contributed by atoms with Crippen LogP contribution in [0.15, 0.2) is 85.0 Å². The molecule has 0 aliphatic heterocycles. The predicted molar refractivity (Wildman–Crippen MR) is 97.3 cm³/mol. The van der Waals surface area contributed by atoms with Gasteiger partial charge in [-0.1, -0.05) is 78.9 Å². The Labute approximate surface area is 135 Å². The van der Waals surface area contributed by atoms with Crippen LogP contribution in [0.4, 0.5) is 0 Å². The summed E-state index contributed by atoms with van der Waals surface area (Å²) in [5, 5.41) is 4.73. The van der Waals surface area contributed by atoms with Crippen molar-refractivity contribution in [1.29, 1.82) is 0 Å². The summed E-state index contributed by atoms with van der Waals surface area (Å²) in [6.45, 7) is 0. The van der Waals surface area contributed by atoms with E-state index >= 15 is 0 Å². The molecule has 1 heteroatoms. The van der Waals surface area contributed by atoms with Crippen molar-refractivity contribution in [2.24, 2.45) is 5.92 Å². The lowest BCUT2D eigenvalue weighted by molar-refractivity contribution is -0.115. The third kappa shape index (κ3) is 2.51. The molecule has 0 atom stereocenters. The van der Waals surface area contributed by atoms with E-state index in [0.29, 0.717) is 0 Å². The molecule has 1 nitrogen and oxygen atoms in total. The summed E-state index contributed by atoms with van der Waals surface area (Å²) < 4.78 is 0. The van der Waals surface area contributed by atoms with Gasteiger partial charge in [0.1, 0.15) is 0 Å². The maximum atomic E-state index is 12.3. The number of rotatable bonds is 3. The van der Waals surface area contributed by atoms with E-state index in [9.17, 15) is 4.79 Å². The molecule has 0 bridgehead atoms. The first-order chi connectivity index (χ1) is 11.3. The van der Waals surface area contributed by atoms with Gasteiger partial charge in [-0.15, -0.1) is 0 Å². The third-order valence-corrected chi connectivity index (χ3v) is 4.30. The molecule has 0 saturated heterocycles. The lowest BCUT2D eigenvalue weighted by Gasteiger charge is -2.08. The molecular formula is C22H16O. The molecule has 0 N–H and O–H groups in total. The molecule has 0 fully saturated rings. The van der Waals surface area contributed by atoms with Crippen molar-refractivity contribution < 1.29 is 4.79 Å². The van der Waals surface area contributed by atoms with Crippen molar-refractivity contribution in [2.75, 3.05) is 0 Å². The molecule has 1 aliphatic rings. The van der Waals surface area contributed by atoms with Gasteiger partial charge in [0.15, 0.2) is 5.78 Å². The number of fused-ring (bicyclic) bond motifs is 2. The summed E-state index contributed by atoms with van der Waals surface area (Å²) in [5.41, 5.74) is 1.11. The SMILES string of the molecule is O=C(C=Cc1c2ccccc2cc2ccccc12)C1C=CC=C1. The molecule has 0 aromatic heterocycles. The molecule has 0 amide bonds. The zero-order chi connectivity index (χ0) is 15.6. The van der Waals surface area contributed by atoms with Gasteiger partial charge >= 0.3 is 0 Å². The molecular weight excluding hydrogens is 280 g/mol. The summed E-state index contributed by atoms with van der Waals surface area (Å²) in [4.78, 5) is 12.3. The van der Waals surface area contributed by atoms with E-state index in [1.807, 2.05) is 54.6 Å². The Kier molecular flexibility index (Phi) is 3.39. The highest BCUT2D eigenvalue weighted by molar-refractivity contribution is 6.09. The number of hydrogen-bond donors (Lipinski definition) is 0. The number of hydrogen-bond acceptors (Lipinski definition) is 1. The average molecular weight is 296 g/mol. The molecule has 23 heavy (non-hydrogen) atoms. The maximum Gasteiger partial charge on any atom is 0.166 e. The fourth-order valence-electron chi connectivity index (χ4n) is 3.13. The Hall–Kier alpha value is -2.93. The number of ketones is 1. The van der Waals surface area contributed by atoms with Gasteiger partial charge < -0.3 is 0 Å². The summed E-state index contributed by atoms with van der Waals surface area (Å²) in [6.07, 6.45) is 11.4. The Morgan fingerprint density at radius 2 is 1.39 bits per heavy atom. The number of carbonyl (C=O) groups excluding carboxylic acids is 1. The second-order valence-corrected chi connectivity index (χ2v) is 5.76. The molecule has 0 unspecified atom stereocenters. The lowest BCUT2D eigenvalue weighted by atomic mass is 9.95. The van der Waals surface area contributed by atoms with Gasteiger partial charge in [-0.2, -0.15) is 0 Å². The van der Waals surface area contributed by atoms with E-state index in [0.717, 1.165) is 5.56 Å². The number of allylic oxidation sites excluding steroid dienone is 5. The minimum Gasteiger partial charge on any atom is -0.294 e. The molecule has 3 aromatic carbocycles. The Balaban J connectivity index is 1.87. The van der Waals surface area contributed by atoms with Crippen molar-refractivity contribution in [3.05, 3.63) is 90.5 Å². The van der Waals surface area contributed by atoms with Crippen LogP contribution in [0.5, 0.6) is 0 Å². The monoisotopic (exact) mass is 296 g/mol. The van der Waals surface area contributed by atoms with E-state index in [4.69, 9.17) is 0 Å². The van der Waals surface area contributed by atoms with Crippen LogP contribution < -0.4 is 0 Å². The summed E-state index contributed by atoms with van der Waals surface area (Å²) >= 11 is 0. The second kappa shape index (κ2) is 5.69. The summed E-state index contributed by atoms with van der Waals surface area (Å²) in [5.74, 6) is -0.000458. The molecule has 4 rings (SSSR count). The highest BCUT2D eigenvalue weighted by Crippen LogP contribution is 2.29. The normalized spacial score (nSPS) is 14.4. The van der Waals surface area contributed by atoms with Crippen LogP contribution in [0.2, 0.25) is 0 Å². The van der Waals surface area contributed by atoms with Gasteiger partial charge in [0.2, 0.25) is 0 Å². The predicted octanol–water partition coefficient (Wildman–Crippen LogP) is 5.32. The van der Waals surface area contributed by atoms with Crippen molar-refractivity contribution in [2.45, 2.75) is 0 Å². The van der Waals surface area contributed by atoms with Crippen molar-refractivity contribution in [1.82, 2.24) is 0 Å². The zero-order valence-electron chi connectivity index (χ0n) is 12.6. The van der Waals surface area contributed by atoms with Crippen LogP contribution in [0, 0.1) is 5.92 Å². The van der Waals surface area contributed by atoms with Crippen molar-refractivity contribution >= 4 is 33.4 Å². The van der Waals surface area contributed by atoms with Crippen molar-refractivity contribution in [3.63, 3.8) is 0 Å². The average Bonchev–Trinajstić information content (AvgIpc) is 3.13. The van der Waals surface area contributed by atoms with E-state index in [1.54, 1.807) is 6.08 Å². The van der Waals surface area contributed by atoms with E-state index < -0.39 is 0 Å². The van der Waals surface area contributed by atoms with E-state index in [1.165, 1.54) is 21.5 Å². The van der Waals surface area contributed by atoms with Gasteiger partial charge in [-0.05, 0) is 39.3 Å². The van der Waals surface area contributed by atoms with Gasteiger partial charge in [0.25, 0.3) is 0 Å². The minimum absolute atomic E-state index is 0.118. The highest BCUT2D eigenvalue weighted by atomic mass is 16.1. The number of carbonyl (C=O) groups is 1. The van der Waals surface area contributed by atoms with Crippen LogP contribution in [0.1, 0.15) is 5.56 Å². The Morgan fingerprint density at radius 3 is 2.00 bits per heavy atom. The standard InChI is InChI=1S/C22H16O/c23-22(16-7-1-2-8-16)14-13-21-19-11-5-3-9-17(19)15-18-10-4-6-12-20(18)21/h1-16H. The molecule has 0 spiro atoms. The number of benzene rings is 3. The summed E-state index contributed by atoms with van der Waals surface area (Å²) in [6, 6.07) is 18.8. The quantitative estimate of drug-likeness (QED) is 0.472. The van der Waals surface area contributed by atoms with E-state index in [-0.39, 0.29) is 11.7 Å². The molecule has 1 aliphatic carbocycles. The first kappa shape index (κ1) is 13.7. The van der Waals surface area contributed by atoms with Crippen LogP contribution in [-0.4, -0.2) is 5.78 Å². The third-order valence-electron chi connectivity index (χ3n) is 4.30. The molecule has 0 heterocycles. The molecule has 0 saturated carbocycles. The topological polar surface area (TPSA) is 17.1 Å². The fraction of sp³-hybridized carbons (Fsp3) is 0.0455. The summed E-state index contributed by atoms with van der Waals surface area (Å²) in [7, 11) is 0. The first-order valence-corrected chi connectivity index (χ1v) is 7.80. The molecule has 110 valence electrons. The zero-order valence-corrected chi connectivity index (χ0v) is 12.6. The lowest BCUT2D eigenvalue weighted by Crippen LogP contribution is -2.03. The Morgan fingerprint density at radius 1 is 0.826 bits per heavy atom. The van der Waals surface area contributed by atoms with Crippen molar-refractivity contribution in [3.8, 4) is 0 Å². The fourth-order valence-corrected chi connectivity index (χ4v) is 3.13. The van der Waals surface area contributed by atoms with Gasteiger partial charge in [0.05, 0.1) is 5.92 Å². The van der Waals surface area contributed by atoms with Gasteiger partial charge in [-0.3, -0.25) is 4.79 Å². The van der Waals surface area contributed by atoms with Crippen LogP contribution in [0.25, 0.3) is 27.6 Å². The van der Waals surface area contributed by atoms with E-state index in [2.05, 4.69) is 30.3 Å². The van der Waals surface area contributed by atoms with Crippen LogP contribution >= 0.6 is 0 Å². The largest absolute Gasteiger partial charge is 0.294 e. The van der Waals surface area contributed by atoms with Crippen LogP contribution in [-0.2, 0) is 4.79 Å². The second-order valence-electron chi connectivity index (χ2n) is 5.76. The van der Waals surface area contributed by atoms with Crippen LogP contribution in [0.3, 0.4) is 0 Å². The van der Waals surface area contributed by atoms with Gasteiger partial charge in [0, 0.05) is 0 Å². The smallest absolute Gasteiger partial charge is 0.166 e. The minimum atomic E-state index is -0.118. The Bertz CT molecular complexity index is 923. The molecule has 0 radical (unpaired) electrons. The highest BCUT2D eigenvalue weighted by Gasteiger charge is 2.11.